The van der Waals surface area contributed by atoms with Crippen molar-refractivity contribution in [2.75, 3.05) is 7.11 Å². The molecule has 1 N–H and O–H groups in total. The highest BCUT2D eigenvalue weighted by Crippen LogP contribution is 2.25. The van der Waals surface area contributed by atoms with E-state index < -0.39 is 11.9 Å². The zero-order chi connectivity index (χ0) is 21.0. The van der Waals surface area contributed by atoms with Gasteiger partial charge in [0.25, 0.3) is 0 Å². The summed E-state index contributed by atoms with van der Waals surface area (Å²) in [6, 6.07) is 20.1. The molecule has 0 aliphatic rings. The van der Waals surface area contributed by atoms with Gasteiger partial charge in [-0.2, -0.15) is 0 Å². The van der Waals surface area contributed by atoms with Crippen molar-refractivity contribution >= 4 is 43.6 Å². The molecule has 5 nitrogen and oxygen atoms in total. The van der Waals surface area contributed by atoms with E-state index in [0.29, 0.717) is 5.58 Å². The Balaban J connectivity index is 0.000000176. The van der Waals surface area contributed by atoms with E-state index in [-0.39, 0.29) is 5.63 Å². The molecule has 1 unspecified atom stereocenters. The number of methoxy groups -OCH3 is 1. The van der Waals surface area contributed by atoms with E-state index in [4.69, 9.17) is 14.3 Å². The molecule has 0 amide bonds. The summed E-state index contributed by atoms with van der Waals surface area (Å²) in [7, 11) is 1.63. The molecule has 4 aromatic rings. The molecule has 3 aromatic carbocycles. The smallest absolute Gasteiger partial charge is 0.336 e. The first-order valence-corrected chi connectivity index (χ1v) is 9.66. The Hall–Kier alpha value is -3.12. The van der Waals surface area contributed by atoms with Crippen LogP contribution < -0.4 is 10.4 Å². The van der Waals surface area contributed by atoms with Gasteiger partial charge in [0.15, 0.2) is 0 Å². The Labute approximate surface area is 175 Å². The first kappa shape index (κ1) is 20.6. The van der Waals surface area contributed by atoms with Crippen molar-refractivity contribution in [2.45, 2.75) is 12.8 Å². The van der Waals surface area contributed by atoms with Gasteiger partial charge in [0, 0.05) is 15.9 Å². The Bertz CT molecular complexity index is 1230. The molecule has 0 aliphatic heterocycles. The standard InChI is InChI=1S/C14H14O3.C9H5BrO2/c1-9(14(15)16)10-3-4-12-8-13(17-2)6-5-11(12)7-10;10-7-2-3-8-6(5-7)1-4-9(11)12-8/h3-9H,1-2H3,(H,15,16);1-5H. The molecule has 6 heteroatoms. The molecule has 0 aliphatic carbocycles. The molecule has 1 atom stereocenters. The number of aliphatic carboxylic acids is 1. The average Bonchev–Trinajstić information content (AvgIpc) is 2.73. The number of rotatable bonds is 3. The molecular formula is C23H19BrO5. The molecule has 0 saturated heterocycles. The summed E-state index contributed by atoms with van der Waals surface area (Å²) in [5.41, 5.74) is 1.12. The first-order chi connectivity index (χ1) is 13.9. The molecule has 0 radical (unpaired) electrons. The number of carbonyl (C=O) groups is 1. The van der Waals surface area contributed by atoms with Crippen LogP contribution in [0.25, 0.3) is 21.7 Å². The van der Waals surface area contributed by atoms with Crippen LogP contribution in [-0.2, 0) is 4.79 Å². The van der Waals surface area contributed by atoms with Gasteiger partial charge in [0.1, 0.15) is 11.3 Å². The Morgan fingerprint density at radius 2 is 1.66 bits per heavy atom. The Morgan fingerprint density at radius 3 is 2.38 bits per heavy atom. The van der Waals surface area contributed by atoms with E-state index in [2.05, 4.69) is 15.9 Å². The molecule has 4 rings (SSSR count). The number of fused-ring (bicyclic) bond motifs is 2. The summed E-state index contributed by atoms with van der Waals surface area (Å²) >= 11 is 3.33. The molecule has 0 bridgehead atoms. The van der Waals surface area contributed by atoms with Gasteiger partial charge in [-0.3, -0.25) is 4.79 Å². The number of hydrogen-bond donors (Lipinski definition) is 1. The molecule has 0 spiro atoms. The van der Waals surface area contributed by atoms with Crippen molar-refractivity contribution in [2.24, 2.45) is 0 Å². The number of ether oxygens (including phenoxy) is 1. The van der Waals surface area contributed by atoms with E-state index in [1.807, 2.05) is 48.5 Å². The quantitative estimate of drug-likeness (QED) is 0.408. The Morgan fingerprint density at radius 1 is 0.966 bits per heavy atom. The third-order valence-electron chi connectivity index (χ3n) is 4.52. The number of carboxylic acid groups (broad SMARTS) is 1. The van der Waals surface area contributed by atoms with E-state index in [9.17, 15) is 9.59 Å². The van der Waals surface area contributed by atoms with Crippen molar-refractivity contribution in [1.82, 2.24) is 0 Å². The van der Waals surface area contributed by atoms with E-state index in [0.717, 1.165) is 31.9 Å². The fourth-order valence-corrected chi connectivity index (χ4v) is 3.20. The number of carboxylic acids is 1. The lowest BCUT2D eigenvalue weighted by Crippen LogP contribution is -2.06. The molecule has 148 valence electrons. The van der Waals surface area contributed by atoms with Gasteiger partial charge >= 0.3 is 11.6 Å². The van der Waals surface area contributed by atoms with Gasteiger partial charge in [0.2, 0.25) is 0 Å². The summed E-state index contributed by atoms with van der Waals surface area (Å²) in [5, 5.41) is 12.0. The first-order valence-electron chi connectivity index (χ1n) is 8.87. The van der Waals surface area contributed by atoms with Gasteiger partial charge in [0.05, 0.1) is 13.0 Å². The number of hydrogen-bond acceptors (Lipinski definition) is 4. The lowest BCUT2D eigenvalue weighted by atomic mass is 9.98. The van der Waals surface area contributed by atoms with Crippen LogP contribution in [0.5, 0.6) is 5.75 Å². The van der Waals surface area contributed by atoms with E-state index in [1.165, 1.54) is 6.07 Å². The van der Waals surface area contributed by atoms with Crippen LogP contribution in [0.2, 0.25) is 0 Å². The molecule has 1 heterocycles. The summed E-state index contributed by atoms with van der Waals surface area (Å²) in [4.78, 5) is 21.7. The second-order valence-corrected chi connectivity index (χ2v) is 7.38. The SMILES string of the molecule is COc1ccc2cc(C(C)C(=O)O)ccc2c1.O=c1ccc2cc(Br)ccc2o1. The van der Waals surface area contributed by atoms with Crippen LogP contribution in [0.15, 0.2) is 80.4 Å². The minimum Gasteiger partial charge on any atom is -0.497 e. The third kappa shape index (κ3) is 5.03. The van der Waals surface area contributed by atoms with Crippen molar-refractivity contribution in [3.8, 4) is 5.75 Å². The fourth-order valence-electron chi connectivity index (χ4n) is 2.82. The van der Waals surface area contributed by atoms with Crippen LogP contribution in [0.4, 0.5) is 0 Å². The third-order valence-corrected chi connectivity index (χ3v) is 5.02. The highest BCUT2D eigenvalue weighted by Gasteiger charge is 2.13. The topological polar surface area (TPSA) is 76.7 Å². The highest BCUT2D eigenvalue weighted by atomic mass is 79.9. The van der Waals surface area contributed by atoms with Crippen LogP contribution >= 0.6 is 15.9 Å². The second-order valence-electron chi connectivity index (χ2n) is 6.47. The van der Waals surface area contributed by atoms with Crippen LogP contribution in [0.1, 0.15) is 18.4 Å². The minimum absolute atomic E-state index is 0.315. The molecule has 29 heavy (non-hydrogen) atoms. The predicted octanol–water partition coefficient (Wildman–Crippen LogP) is 5.59. The number of benzene rings is 3. The minimum atomic E-state index is -0.808. The van der Waals surface area contributed by atoms with E-state index in [1.54, 1.807) is 26.2 Å². The molecule has 0 saturated carbocycles. The monoisotopic (exact) mass is 454 g/mol. The average molecular weight is 455 g/mol. The van der Waals surface area contributed by atoms with Crippen molar-refractivity contribution in [3.63, 3.8) is 0 Å². The fraction of sp³-hybridized carbons (Fsp3) is 0.130. The number of halogens is 1. The predicted molar refractivity (Wildman–Crippen MR) is 117 cm³/mol. The Kier molecular flexibility index (Phi) is 6.34. The van der Waals surface area contributed by atoms with Crippen molar-refractivity contribution in [3.05, 3.63) is 87.2 Å². The summed E-state index contributed by atoms with van der Waals surface area (Å²) in [6.45, 7) is 1.69. The van der Waals surface area contributed by atoms with E-state index >= 15 is 0 Å². The van der Waals surface area contributed by atoms with Crippen LogP contribution in [0, 0.1) is 0 Å². The van der Waals surface area contributed by atoms with Crippen molar-refractivity contribution < 1.29 is 19.1 Å². The normalized spacial score (nSPS) is 11.6. The molecule has 1 aromatic heterocycles. The van der Waals surface area contributed by atoms with Crippen LogP contribution in [-0.4, -0.2) is 18.2 Å². The second kappa shape index (κ2) is 8.92. The lowest BCUT2D eigenvalue weighted by Gasteiger charge is -2.08. The molecule has 0 fully saturated rings. The van der Waals surface area contributed by atoms with Gasteiger partial charge < -0.3 is 14.3 Å². The molecular weight excluding hydrogens is 436 g/mol. The van der Waals surface area contributed by atoms with Gasteiger partial charge in [-0.25, -0.2) is 4.79 Å². The van der Waals surface area contributed by atoms with Gasteiger partial charge in [-0.1, -0.05) is 40.2 Å². The van der Waals surface area contributed by atoms with Crippen molar-refractivity contribution in [1.29, 1.82) is 0 Å². The maximum absolute atomic E-state index is 10.9. The largest absolute Gasteiger partial charge is 0.497 e. The van der Waals surface area contributed by atoms with Gasteiger partial charge in [-0.15, -0.1) is 0 Å². The lowest BCUT2D eigenvalue weighted by molar-refractivity contribution is -0.138. The van der Waals surface area contributed by atoms with Gasteiger partial charge in [-0.05, 0) is 59.7 Å². The maximum Gasteiger partial charge on any atom is 0.336 e. The summed E-state index contributed by atoms with van der Waals surface area (Å²) in [6.07, 6.45) is 0. The highest BCUT2D eigenvalue weighted by molar-refractivity contribution is 9.10. The zero-order valence-corrected chi connectivity index (χ0v) is 17.5. The maximum atomic E-state index is 10.9. The summed E-state index contributed by atoms with van der Waals surface area (Å²) in [5.74, 6) is -0.490. The summed E-state index contributed by atoms with van der Waals surface area (Å²) < 4.78 is 11.1. The van der Waals surface area contributed by atoms with Crippen LogP contribution in [0.3, 0.4) is 0 Å². The zero-order valence-electron chi connectivity index (χ0n) is 15.9.